The fourth-order valence-corrected chi connectivity index (χ4v) is 2.05. The molecule has 0 fully saturated rings. The second kappa shape index (κ2) is 7.52. The van der Waals surface area contributed by atoms with Crippen molar-refractivity contribution >= 4 is 29.3 Å². The molecule has 114 valence electrons. The van der Waals surface area contributed by atoms with Gasteiger partial charge in [-0.3, -0.25) is 4.79 Å². The molecule has 0 aliphatic heterocycles. The highest BCUT2D eigenvalue weighted by molar-refractivity contribution is 6.32. The van der Waals surface area contributed by atoms with Crippen molar-refractivity contribution in [1.29, 1.82) is 0 Å². The summed E-state index contributed by atoms with van der Waals surface area (Å²) in [5, 5.41) is 3.34. The molecule has 0 unspecified atom stereocenters. The summed E-state index contributed by atoms with van der Waals surface area (Å²) in [6.45, 7) is 0. The molecule has 0 atom stereocenters. The number of hydrogen-bond donors (Lipinski definition) is 1. The Hall–Kier alpha value is -2.46. The maximum absolute atomic E-state index is 12.0. The Morgan fingerprint density at radius 1 is 1.14 bits per heavy atom. The number of halogens is 1. The van der Waals surface area contributed by atoms with Crippen molar-refractivity contribution in [1.82, 2.24) is 0 Å². The van der Waals surface area contributed by atoms with Crippen LogP contribution in [0.3, 0.4) is 0 Å². The van der Waals surface area contributed by atoms with Crippen molar-refractivity contribution in [2.45, 2.75) is 0 Å². The fourth-order valence-electron chi connectivity index (χ4n) is 1.85. The maximum Gasteiger partial charge on any atom is 0.248 e. The van der Waals surface area contributed by atoms with E-state index in [0.717, 1.165) is 5.56 Å². The first-order chi connectivity index (χ1) is 10.6. The van der Waals surface area contributed by atoms with Crippen molar-refractivity contribution in [2.24, 2.45) is 0 Å². The van der Waals surface area contributed by atoms with Crippen LogP contribution in [0, 0.1) is 0 Å². The van der Waals surface area contributed by atoms with E-state index in [4.69, 9.17) is 21.1 Å². The van der Waals surface area contributed by atoms with Gasteiger partial charge in [0.25, 0.3) is 0 Å². The molecule has 0 saturated heterocycles. The Morgan fingerprint density at radius 3 is 2.59 bits per heavy atom. The highest BCUT2D eigenvalue weighted by Gasteiger charge is 2.07. The van der Waals surface area contributed by atoms with E-state index in [2.05, 4.69) is 5.32 Å². The molecule has 0 aromatic heterocycles. The van der Waals surface area contributed by atoms with Crippen LogP contribution in [0.4, 0.5) is 5.69 Å². The van der Waals surface area contributed by atoms with Gasteiger partial charge in [-0.1, -0.05) is 29.8 Å². The molecule has 1 N–H and O–H groups in total. The molecule has 0 aliphatic carbocycles. The van der Waals surface area contributed by atoms with Crippen LogP contribution in [-0.4, -0.2) is 20.1 Å². The molecule has 22 heavy (non-hydrogen) atoms. The minimum atomic E-state index is -0.275. The Labute approximate surface area is 134 Å². The van der Waals surface area contributed by atoms with Crippen LogP contribution >= 0.6 is 11.6 Å². The first-order valence-electron chi connectivity index (χ1n) is 6.59. The van der Waals surface area contributed by atoms with Gasteiger partial charge in [-0.2, -0.15) is 0 Å². The first-order valence-corrected chi connectivity index (χ1v) is 6.97. The number of carbonyl (C=O) groups is 1. The predicted molar refractivity (Wildman–Crippen MR) is 88.7 cm³/mol. The Morgan fingerprint density at radius 2 is 1.91 bits per heavy atom. The summed E-state index contributed by atoms with van der Waals surface area (Å²) >= 11 is 6.03. The molecule has 0 radical (unpaired) electrons. The molecule has 0 spiro atoms. The van der Waals surface area contributed by atoms with Crippen molar-refractivity contribution in [3.63, 3.8) is 0 Å². The van der Waals surface area contributed by atoms with Gasteiger partial charge >= 0.3 is 0 Å². The normalized spacial score (nSPS) is 10.5. The van der Waals surface area contributed by atoms with Crippen molar-refractivity contribution in [2.75, 3.05) is 19.5 Å². The van der Waals surface area contributed by atoms with Crippen LogP contribution in [0.2, 0.25) is 5.02 Å². The smallest absolute Gasteiger partial charge is 0.248 e. The number of methoxy groups -OCH3 is 2. The number of amides is 1. The maximum atomic E-state index is 12.0. The van der Waals surface area contributed by atoms with Gasteiger partial charge < -0.3 is 14.8 Å². The zero-order valence-electron chi connectivity index (χ0n) is 12.3. The molecule has 0 heterocycles. The van der Waals surface area contributed by atoms with Gasteiger partial charge in [0.2, 0.25) is 5.91 Å². The standard InChI is InChI=1S/C17H16ClNO3/c1-21-13-8-9-15(16(11-13)22-2)19-17(20)10-7-12-5-3-4-6-14(12)18/h3-11H,1-2H3,(H,19,20). The SMILES string of the molecule is COc1ccc(NC(=O)C=Cc2ccccc2Cl)c(OC)c1. The number of benzene rings is 2. The molecule has 0 saturated carbocycles. The summed E-state index contributed by atoms with van der Waals surface area (Å²) in [6.07, 6.45) is 3.08. The molecule has 1 amide bonds. The highest BCUT2D eigenvalue weighted by atomic mass is 35.5. The van der Waals surface area contributed by atoms with Gasteiger partial charge in [-0.05, 0) is 29.8 Å². The minimum Gasteiger partial charge on any atom is -0.497 e. The lowest BCUT2D eigenvalue weighted by molar-refractivity contribution is -0.111. The highest BCUT2D eigenvalue weighted by Crippen LogP contribution is 2.29. The number of ether oxygens (including phenoxy) is 2. The van der Waals surface area contributed by atoms with Crippen molar-refractivity contribution < 1.29 is 14.3 Å². The lowest BCUT2D eigenvalue weighted by Crippen LogP contribution is -2.09. The fraction of sp³-hybridized carbons (Fsp3) is 0.118. The van der Waals surface area contributed by atoms with E-state index < -0.39 is 0 Å². The summed E-state index contributed by atoms with van der Waals surface area (Å²) in [7, 11) is 3.10. The van der Waals surface area contributed by atoms with Gasteiger partial charge in [0.15, 0.2) is 0 Å². The van der Waals surface area contributed by atoms with Gasteiger partial charge in [-0.25, -0.2) is 0 Å². The van der Waals surface area contributed by atoms with Crippen LogP contribution < -0.4 is 14.8 Å². The van der Waals surface area contributed by atoms with E-state index in [1.807, 2.05) is 18.2 Å². The number of carbonyl (C=O) groups excluding carboxylic acids is 1. The third kappa shape index (κ3) is 4.02. The third-order valence-corrected chi connectivity index (χ3v) is 3.33. The zero-order chi connectivity index (χ0) is 15.9. The van der Waals surface area contributed by atoms with Gasteiger partial charge in [0, 0.05) is 17.2 Å². The second-order valence-electron chi connectivity index (χ2n) is 4.41. The van der Waals surface area contributed by atoms with E-state index in [0.29, 0.717) is 22.2 Å². The molecular weight excluding hydrogens is 302 g/mol. The second-order valence-corrected chi connectivity index (χ2v) is 4.82. The third-order valence-electron chi connectivity index (χ3n) is 2.99. The molecule has 2 aromatic rings. The Kier molecular flexibility index (Phi) is 5.44. The average molecular weight is 318 g/mol. The molecule has 4 nitrogen and oxygen atoms in total. The van der Waals surface area contributed by atoms with E-state index in [1.165, 1.54) is 13.2 Å². The van der Waals surface area contributed by atoms with E-state index in [1.54, 1.807) is 37.5 Å². The lowest BCUT2D eigenvalue weighted by Gasteiger charge is -2.10. The van der Waals surface area contributed by atoms with Gasteiger partial charge in [0.1, 0.15) is 11.5 Å². The van der Waals surface area contributed by atoms with Crippen LogP contribution in [0.15, 0.2) is 48.5 Å². The topological polar surface area (TPSA) is 47.6 Å². The average Bonchev–Trinajstić information content (AvgIpc) is 2.54. The van der Waals surface area contributed by atoms with Crippen LogP contribution in [-0.2, 0) is 4.79 Å². The summed E-state index contributed by atoms with van der Waals surface area (Å²) in [6, 6.07) is 12.5. The van der Waals surface area contributed by atoms with Crippen LogP contribution in [0.1, 0.15) is 5.56 Å². The summed E-state index contributed by atoms with van der Waals surface area (Å²) < 4.78 is 10.3. The van der Waals surface area contributed by atoms with Crippen molar-refractivity contribution in [3.8, 4) is 11.5 Å². The van der Waals surface area contributed by atoms with Crippen LogP contribution in [0.5, 0.6) is 11.5 Å². The predicted octanol–water partition coefficient (Wildman–Crippen LogP) is 4.01. The monoisotopic (exact) mass is 317 g/mol. The minimum absolute atomic E-state index is 0.275. The van der Waals surface area contributed by atoms with E-state index in [9.17, 15) is 4.79 Å². The lowest BCUT2D eigenvalue weighted by atomic mass is 10.2. The summed E-state index contributed by atoms with van der Waals surface area (Å²) in [4.78, 5) is 12.0. The number of rotatable bonds is 5. The van der Waals surface area contributed by atoms with Gasteiger partial charge in [-0.15, -0.1) is 0 Å². The van der Waals surface area contributed by atoms with Crippen LogP contribution in [0.25, 0.3) is 6.08 Å². The molecule has 2 rings (SSSR count). The number of hydrogen-bond acceptors (Lipinski definition) is 3. The quantitative estimate of drug-likeness (QED) is 0.848. The van der Waals surface area contributed by atoms with E-state index >= 15 is 0 Å². The first kappa shape index (κ1) is 15.9. The molecule has 0 aliphatic rings. The largest absolute Gasteiger partial charge is 0.497 e. The number of anilines is 1. The zero-order valence-corrected chi connectivity index (χ0v) is 13.1. The summed E-state index contributed by atoms with van der Waals surface area (Å²) in [5.74, 6) is 0.906. The molecule has 2 aromatic carbocycles. The van der Waals surface area contributed by atoms with Gasteiger partial charge in [0.05, 0.1) is 19.9 Å². The Bertz CT molecular complexity index is 698. The van der Waals surface area contributed by atoms with E-state index in [-0.39, 0.29) is 5.91 Å². The number of nitrogens with one attached hydrogen (secondary N) is 1. The molecule has 5 heteroatoms. The summed E-state index contributed by atoms with van der Waals surface area (Å²) in [5.41, 5.74) is 1.35. The molecular formula is C17H16ClNO3. The Balaban J connectivity index is 2.11. The molecule has 0 bridgehead atoms. The van der Waals surface area contributed by atoms with Crippen molar-refractivity contribution in [3.05, 3.63) is 59.1 Å².